The Kier molecular flexibility index (Phi) is 5.04. The molecule has 0 bridgehead atoms. The highest BCUT2D eigenvalue weighted by atomic mass is 16.5. The van der Waals surface area contributed by atoms with Crippen LogP contribution in [0.2, 0.25) is 0 Å². The molecule has 5 heteroatoms. The minimum absolute atomic E-state index is 0.0643. The fourth-order valence-corrected chi connectivity index (χ4v) is 2.55. The van der Waals surface area contributed by atoms with E-state index in [0.29, 0.717) is 12.0 Å². The van der Waals surface area contributed by atoms with E-state index >= 15 is 0 Å². The highest BCUT2D eigenvalue weighted by molar-refractivity contribution is 5.48. The van der Waals surface area contributed by atoms with Gasteiger partial charge in [0.1, 0.15) is 17.5 Å². The van der Waals surface area contributed by atoms with Crippen LogP contribution in [0.4, 0.5) is 11.6 Å². The van der Waals surface area contributed by atoms with E-state index in [1.54, 1.807) is 0 Å². The van der Waals surface area contributed by atoms with Crippen LogP contribution in [0.5, 0.6) is 0 Å². The van der Waals surface area contributed by atoms with Gasteiger partial charge < -0.3 is 15.4 Å². The summed E-state index contributed by atoms with van der Waals surface area (Å²) in [4.78, 5) is 9.25. The zero-order valence-electron chi connectivity index (χ0n) is 13.9. The summed E-state index contributed by atoms with van der Waals surface area (Å²) in [7, 11) is 1.89. The Bertz CT molecular complexity index is 464. The van der Waals surface area contributed by atoms with E-state index in [2.05, 4.69) is 43.3 Å². The average molecular weight is 292 g/mol. The Morgan fingerprint density at radius 2 is 1.81 bits per heavy atom. The van der Waals surface area contributed by atoms with E-state index in [1.165, 1.54) is 0 Å². The van der Waals surface area contributed by atoms with Crippen LogP contribution < -0.4 is 10.6 Å². The van der Waals surface area contributed by atoms with E-state index in [1.807, 2.05) is 13.1 Å². The van der Waals surface area contributed by atoms with Gasteiger partial charge in [0.05, 0.1) is 0 Å². The van der Waals surface area contributed by atoms with Crippen molar-refractivity contribution in [3.8, 4) is 0 Å². The molecule has 1 aliphatic rings. The normalized spacial score (nSPS) is 18.3. The van der Waals surface area contributed by atoms with Gasteiger partial charge in [-0.25, -0.2) is 9.97 Å². The zero-order chi connectivity index (χ0) is 15.5. The van der Waals surface area contributed by atoms with Gasteiger partial charge in [-0.05, 0) is 25.7 Å². The minimum atomic E-state index is -0.0643. The molecular formula is C16H28N4O. The van der Waals surface area contributed by atoms with E-state index in [0.717, 1.165) is 43.5 Å². The van der Waals surface area contributed by atoms with Gasteiger partial charge >= 0.3 is 0 Å². The molecule has 5 nitrogen and oxygen atoms in total. The van der Waals surface area contributed by atoms with Crippen LogP contribution in [0.1, 0.15) is 46.4 Å². The van der Waals surface area contributed by atoms with Crippen LogP contribution in [0.25, 0.3) is 0 Å². The van der Waals surface area contributed by atoms with E-state index in [9.17, 15) is 0 Å². The Labute approximate surface area is 127 Å². The molecule has 2 rings (SSSR count). The van der Waals surface area contributed by atoms with Crippen LogP contribution in [0.3, 0.4) is 0 Å². The fraction of sp³-hybridized carbons (Fsp3) is 0.750. The van der Waals surface area contributed by atoms with Gasteiger partial charge in [0.15, 0.2) is 0 Å². The maximum atomic E-state index is 5.44. The van der Waals surface area contributed by atoms with Crippen molar-refractivity contribution in [2.45, 2.75) is 52.0 Å². The lowest BCUT2D eigenvalue weighted by molar-refractivity contribution is 0.0622. The molecule has 21 heavy (non-hydrogen) atoms. The standard InChI is InChI=1S/C16H28N4O/c1-11(12-6-8-21-9-7-12)18-14-10-13(17-5)19-15(20-14)16(2,3)4/h10-12H,6-9H2,1-5H3,(H2,17,18,19,20). The molecule has 1 unspecified atom stereocenters. The molecule has 0 saturated carbocycles. The fourth-order valence-electron chi connectivity index (χ4n) is 2.55. The first-order valence-corrected chi connectivity index (χ1v) is 7.81. The van der Waals surface area contributed by atoms with Crippen LogP contribution in [0, 0.1) is 5.92 Å². The van der Waals surface area contributed by atoms with Crippen LogP contribution in [-0.2, 0) is 10.2 Å². The Balaban J connectivity index is 2.14. The van der Waals surface area contributed by atoms with E-state index < -0.39 is 0 Å². The first-order valence-electron chi connectivity index (χ1n) is 7.81. The number of hydrogen-bond donors (Lipinski definition) is 2. The van der Waals surface area contributed by atoms with Crippen molar-refractivity contribution in [3.05, 3.63) is 11.9 Å². The Hall–Kier alpha value is -1.36. The molecule has 1 aromatic heterocycles. The minimum Gasteiger partial charge on any atom is -0.381 e. The maximum Gasteiger partial charge on any atom is 0.138 e. The van der Waals surface area contributed by atoms with E-state index in [-0.39, 0.29) is 5.41 Å². The molecule has 1 saturated heterocycles. The predicted octanol–water partition coefficient (Wildman–Crippen LogP) is 3.04. The smallest absolute Gasteiger partial charge is 0.138 e. The molecule has 118 valence electrons. The molecule has 0 radical (unpaired) electrons. The molecule has 2 heterocycles. The maximum absolute atomic E-state index is 5.44. The lowest BCUT2D eigenvalue weighted by atomic mass is 9.93. The molecule has 0 amide bonds. The summed E-state index contributed by atoms with van der Waals surface area (Å²) in [5, 5.41) is 6.67. The van der Waals surface area contributed by atoms with Gasteiger partial charge in [-0.3, -0.25) is 0 Å². The number of nitrogens with zero attached hydrogens (tertiary/aromatic N) is 2. The van der Waals surface area contributed by atoms with Crippen molar-refractivity contribution < 1.29 is 4.74 Å². The van der Waals surface area contributed by atoms with Crippen molar-refractivity contribution in [1.82, 2.24) is 9.97 Å². The molecule has 0 aromatic carbocycles. The Morgan fingerprint density at radius 1 is 1.19 bits per heavy atom. The largest absolute Gasteiger partial charge is 0.381 e. The molecule has 0 aliphatic carbocycles. The number of ether oxygens (including phenoxy) is 1. The first-order chi connectivity index (χ1) is 9.90. The number of rotatable bonds is 4. The molecule has 1 aliphatic heterocycles. The molecule has 1 fully saturated rings. The second-order valence-electron chi connectivity index (χ2n) is 6.84. The second-order valence-corrected chi connectivity index (χ2v) is 6.84. The lowest BCUT2D eigenvalue weighted by Crippen LogP contribution is -2.31. The van der Waals surface area contributed by atoms with Crippen LogP contribution in [-0.4, -0.2) is 36.3 Å². The summed E-state index contributed by atoms with van der Waals surface area (Å²) in [5.74, 6) is 3.26. The van der Waals surface area contributed by atoms with Crippen molar-refractivity contribution in [3.63, 3.8) is 0 Å². The van der Waals surface area contributed by atoms with Crippen LogP contribution in [0.15, 0.2) is 6.07 Å². The summed E-state index contributed by atoms with van der Waals surface area (Å²) < 4.78 is 5.44. The van der Waals surface area contributed by atoms with Gasteiger partial charge in [-0.1, -0.05) is 20.8 Å². The zero-order valence-corrected chi connectivity index (χ0v) is 13.9. The summed E-state index contributed by atoms with van der Waals surface area (Å²) in [5.41, 5.74) is -0.0643. The van der Waals surface area contributed by atoms with Crippen molar-refractivity contribution in [1.29, 1.82) is 0 Å². The molecule has 0 spiro atoms. The predicted molar refractivity (Wildman–Crippen MR) is 86.9 cm³/mol. The number of aromatic nitrogens is 2. The third-order valence-electron chi connectivity index (χ3n) is 4.00. The average Bonchev–Trinajstić information content (AvgIpc) is 2.46. The van der Waals surface area contributed by atoms with E-state index in [4.69, 9.17) is 9.72 Å². The molecule has 2 N–H and O–H groups in total. The summed E-state index contributed by atoms with van der Waals surface area (Å²) >= 11 is 0. The van der Waals surface area contributed by atoms with Crippen molar-refractivity contribution in [2.24, 2.45) is 5.92 Å². The topological polar surface area (TPSA) is 59.1 Å². The van der Waals surface area contributed by atoms with Gasteiger partial charge in [0.2, 0.25) is 0 Å². The molecular weight excluding hydrogens is 264 g/mol. The first kappa shape index (κ1) is 16.0. The quantitative estimate of drug-likeness (QED) is 0.893. The molecule has 1 atom stereocenters. The van der Waals surface area contributed by atoms with Crippen LogP contribution >= 0.6 is 0 Å². The summed E-state index contributed by atoms with van der Waals surface area (Å²) in [6.07, 6.45) is 2.23. The third kappa shape index (κ3) is 4.30. The lowest BCUT2D eigenvalue weighted by Gasteiger charge is -2.29. The SMILES string of the molecule is CNc1cc(NC(C)C2CCOCC2)nc(C(C)(C)C)n1. The highest BCUT2D eigenvalue weighted by Gasteiger charge is 2.23. The second kappa shape index (κ2) is 6.60. The number of hydrogen-bond acceptors (Lipinski definition) is 5. The number of anilines is 2. The number of nitrogens with one attached hydrogen (secondary N) is 2. The molecule has 1 aromatic rings. The van der Waals surface area contributed by atoms with Gasteiger partial charge in [-0.2, -0.15) is 0 Å². The Morgan fingerprint density at radius 3 is 2.38 bits per heavy atom. The third-order valence-corrected chi connectivity index (χ3v) is 4.00. The summed E-state index contributed by atoms with van der Waals surface area (Å²) in [6.45, 7) is 10.4. The van der Waals surface area contributed by atoms with Gasteiger partial charge in [0.25, 0.3) is 0 Å². The van der Waals surface area contributed by atoms with Gasteiger partial charge in [-0.15, -0.1) is 0 Å². The van der Waals surface area contributed by atoms with Gasteiger partial charge in [0, 0.05) is 37.8 Å². The monoisotopic (exact) mass is 292 g/mol. The summed E-state index contributed by atoms with van der Waals surface area (Å²) in [6, 6.07) is 2.37. The van der Waals surface area contributed by atoms with Crippen molar-refractivity contribution in [2.75, 3.05) is 30.9 Å². The highest BCUT2D eigenvalue weighted by Crippen LogP contribution is 2.25. The van der Waals surface area contributed by atoms with Crippen molar-refractivity contribution >= 4 is 11.6 Å².